The summed E-state index contributed by atoms with van der Waals surface area (Å²) in [4.78, 5) is 15.1. The number of thiophene rings is 1. The van der Waals surface area contributed by atoms with Crippen LogP contribution in [0.15, 0.2) is 47.9 Å². The molecule has 1 aromatic carbocycles. The fraction of sp³-hybridized carbons (Fsp3) is 0.278. The van der Waals surface area contributed by atoms with Crippen molar-refractivity contribution in [2.75, 3.05) is 27.7 Å². The maximum Gasteiger partial charge on any atom is 0.244 e. The highest BCUT2D eigenvalue weighted by Crippen LogP contribution is 2.22. The minimum Gasteiger partial charge on any atom is -0.497 e. The molecule has 1 heterocycles. The molecule has 0 saturated carbocycles. The lowest BCUT2D eigenvalue weighted by Gasteiger charge is -2.25. The molecule has 0 spiro atoms. The van der Waals surface area contributed by atoms with Crippen LogP contribution in [0.3, 0.4) is 0 Å². The first-order chi connectivity index (χ1) is 11.1. The number of methoxy groups -OCH3 is 1. The Morgan fingerprint density at radius 2 is 2.17 bits per heavy atom. The largest absolute Gasteiger partial charge is 0.497 e. The number of hydrogen-bond acceptors (Lipinski definition) is 4. The summed E-state index contributed by atoms with van der Waals surface area (Å²) in [5.41, 5.74) is 1.11. The Kier molecular flexibility index (Phi) is 6.38. The molecule has 0 aliphatic rings. The summed E-state index contributed by atoms with van der Waals surface area (Å²) in [6.45, 7) is 0.535. The smallest absolute Gasteiger partial charge is 0.244 e. The first-order valence-electron chi connectivity index (χ1n) is 7.40. The van der Waals surface area contributed by atoms with E-state index in [1.807, 2.05) is 61.9 Å². The lowest BCUT2D eigenvalue weighted by Crippen LogP contribution is -2.33. The number of hydrogen-bond donors (Lipinski definition) is 1. The lowest BCUT2D eigenvalue weighted by molar-refractivity contribution is -0.116. The summed E-state index contributed by atoms with van der Waals surface area (Å²) < 4.78 is 5.27. The Bertz CT molecular complexity index is 651. The molecule has 0 aliphatic heterocycles. The fourth-order valence-corrected chi connectivity index (χ4v) is 2.87. The van der Waals surface area contributed by atoms with E-state index in [4.69, 9.17) is 4.74 Å². The molecule has 4 nitrogen and oxygen atoms in total. The third kappa shape index (κ3) is 5.23. The molecular weight excluding hydrogens is 308 g/mol. The van der Waals surface area contributed by atoms with E-state index in [0.29, 0.717) is 6.54 Å². The Balaban J connectivity index is 1.98. The first kappa shape index (κ1) is 17.2. The second-order valence-corrected chi connectivity index (χ2v) is 6.33. The molecular formula is C18H22N2O2S. The number of benzene rings is 1. The van der Waals surface area contributed by atoms with Crippen LogP contribution in [0, 0.1) is 0 Å². The quantitative estimate of drug-likeness (QED) is 0.793. The van der Waals surface area contributed by atoms with E-state index in [9.17, 15) is 4.79 Å². The number of carbonyl (C=O) groups excluding carboxylic acids is 1. The van der Waals surface area contributed by atoms with Gasteiger partial charge in [0.2, 0.25) is 5.91 Å². The molecule has 5 heteroatoms. The number of amides is 1. The molecule has 0 bridgehead atoms. The molecule has 1 aromatic heterocycles. The SMILES string of the molecule is COc1cccc([C@H](CNC(=O)/C=C\c2cccs2)N(C)C)c1. The molecule has 0 aliphatic carbocycles. The van der Waals surface area contributed by atoms with Crippen LogP contribution in [0.25, 0.3) is 6.08 Å². The van der Waals surface area contributed by atoms with E-state index in [0.717, 1.165) is 16.2 Å². The average molecular weight is 330 g/mol. The van der Waals surface area contributed by atoms with Gasteiger partial charge in [0.25, 0.3) is 0 Å². The average Bonchev–Trinajstić information content (AvgIpc) is 3.06. The summed E-state index contributed by atoms with van der Waals surface area (Å²) >= 11 is 1.61. The number of nitrogens with zero attached hydrogens (tertiary/aromatic N) is 1. The van der Waals surface area contributed by atoms with Gasteiger partial charge in [0.15, 0.2) is 0 Å². The Morgan fingerprint density at radius 1 is 1.35 bits per heavy atom. The zero-order valence-electron chi connectivity index (χ0n) is 13.7. The molecule has 0 radical (unpaired) electrons. The van der Waals surface area contributed by atoms with Crippen LogP contribution in [0.4, 0.5) is 0 Å². The van der Waals surface area contributed by atoms with Gasteiger partial charge in [-0.3, -0.25) is 4.79 Å². The second kappa shape index (κ2) is 8.50. The van der Waals surface area contributed by atoms with Gasteiger partial charge >= 0.3 is 0 Å². The topological polar surface area (TPSA) is 41.6 Å². The molecule has 122 valence electrons. The maximum atomic E-state index is 12.0. The van der Waals surface area contributed by atoms with E-state index < -0.39 is 0 Å². The van der Waals surface area contributed by atoms with Gasteiger partial charge in [0.1, 0.15) is 5.75 Å². The Hall–Kier alpha value is -2.11. The number of nitrogens with one attached hydrogen (secondary N) is 1. The van der Waals surface area contributed by atoms with Crippen molar-refractivity contribution >= 4 is 23.3 Å². The van der Waals surface area contributed by atoms with Gasteiger partial charge in [-0.1, -0.05) is 18.2 Å². The second-order valence-electron chi connectivity index (χ2n) is 5.35. The van der Waals surface area contributed by atoms with E-state index in [1.54, 1.807) is 24.5 Å². The van der Waals surface area contributed by atoms with Gasteiger partial charge in [-0.15, -0.1) is 11.3 Å². The predicted octanol–water partition coefficient (Wildman–Crippen LogP) is 3.19. The number of rotatable bonds is 7. The lowest BCUT2D eigenvalue weighted by atomic mass is 10.1. The van der Waals surface area contributed by atoms with Gasteiger partial charge in [-0.05, 0) is 49.3 Å². The molecule has 1 amide bonds. The van der Waals surface area contributed by atoms with E-state index in [-0.39, 0.29) is 11.9 Å². The Labute approximate surface area is 141 Å². The van der Waals surface area contributed by atoms with Gasteiger partial charge in [-0.2, -0.15) is 0 Å². The van der Waals surface area contributed by atoms with Crippen LogP contribution in [0.5, 0.6) is 5.75 Å². The van der Waals surface area contributed by atoms with Crippen molar-refractivity contribution in [2.45, 2.75) is 6.04 Å². The molecule has 1 N–H and O–H groups in total. The van der Waals surface area contributed by atoms with Crippen molar-refractivity contribution in [1.29, 1.82) is 0 Å². The highest BCUT2D eigenvalue weighted by molar-refractivity contribution is 7.10. The summed E-state index contributed by atoms with van der Waals surface area (Å²) in [6.07, 6.45) is 3.40. The highest BCUT2D eigenvalue weighted by Gasteiger charge is 2.15. The van der Waals surface area contributed by atoms with Crippen molar-refractivity contribution in [1.82, 2.24) is 10.2 Å². The van der Waals surface area contributed by atoms with Crippen LogP contribution in [-0.4, -0.2) is 38.6 Å². The minimum atomic E-state index is -0.0897. The van der Waals surface area contributed by atoms with E-state index >= 15 is 0 Å². The van der Waals surface area contributed by atoms with Crippen LogP contribution in [0.2, 0.25) is 0 Å². The molecule has 1 atom stereocenters. The van der Waals surface area contributed by atoms with Crippen molar-refractivity contribution in [3.8, 4) is 5.75 Å². The van der Waals surface area contributed by atoms with Crippen molar-refractivity contribution in [2.24, 2.45) is 0 Å². The van der Waals surface area contributed by atoms with Crippen molar-refractivity contribution < 1.29 is 9.53 Å². The Morgan fingerprint density at radius 3 is 2.83 bits per heavy atom. The number of ether oxygens (including phenoxy) is 1. The zero-order valence-corrected chi connectivity index (χ0v) is 14.5. The van der Waals surface area contributed by atoms with E-state index in [1.165, 1.54) is 0 Å². The van der Waals surface area contributed by atoms with Gasteiger partial charge in [-0.25, -0.2) is 0 Å². The monoisotopic (exact) mass is 330 g/mol. The molecule has 0 saturated heterocycles. The van der Waals surface area contributed by atoms with Crippen LogP contribution >= 0.6 is 11.3 Å². The molecule has 0 unspecified atom stereocenters. The molecule has 2 rings (SSSR count). The summed E-state index contributed by atoms with van der Waals surface area (Å²) in [5.74, 6) is 0.728. The summed E-state index contributed by atoms with van der Waals surface area (Å²) in [5, 5.41) is 4.95. The first-order valence-corrected chi connectivity index (χ1v) is 8.28. The highest BCUT2D eigenvalue weighted by atomic mass is 32.1. The normalized spacial score (nSPS) is 12.5. The maximum absolute atomic E-state index is 12.0. The molecule has 23 heavy (non-hydrogen) atoms. The van der Waals surface area contributed by atoms with Crippen LogP contribution in [0.1, 0.15) is 16.5 Å². The van der Waals surface area contributed by atoms with Crippen LogP contribution in [-0.2, 0) is 4.79 Å². The summed E-state index contributed by atoms with van der Waals surface area (Å²) in [6, 6.07) is 11.9. The standard InChI is InChI=1S/C18H22N2O2S/c1-20(2)17(14-6-4-7-15(12-14)22-3)13-19-18(21)10-9-16-8-5-11-23-16/h4-12,17H,13H2,1-3H3,(H,19,21)/b10-9-/t17-/m0/s1. The fourth-order valence-electron chi connectivity index (χ4n) is 2.25. The minimum absolute atomic E-state index is 0.0872. The number of carbonyl (C=O) groups is 1. The third-order valence-electron chi connectivity index (χ3n) is 3.51. The molecule has 2 aromatic rings. The molecule has 0 fully saturated rings. The third-order valence-corrected chi connectivity index (χ3v) is 4.35. The van der Waals surface area contributed by atoms with Gasteiger partial charge in [0, 0.05) is 17.5 Å². The van der Waals surface area contributed by atoms with Gasteiger partial charge in [0.05, 0.1) is 13.2 Å². The zero-order chi connectivity index (χ0) is 16.7. The van der Waals surface area contributed by atoms with Crippen LogP contribution < -0.4 is 10.1 Å². The van der Waals surface area contributed by atoms with Gasteiger partial charge < -0.3 is 15.0 Å². The summed E-state index contributed by atoms with van der Waals surface area (Å²) in [7, 11) is 5.65. The predicted molar refractivity (Wildman–Crippen MR) is 95.8 cm³/mol. The van der Waals surface area contributed by atoms with Crippen molar-refractivity contribution in [3.05, 3.63) is 58.3 Å². The number of likely N-dealkylation sites (N-methyl/N-ethyl adjacent to an activating group) is 1. The van der Waals surface area contributed by atoms with E-state index in [2.05, 4.69) is 10.2 Å². The van der Waals surface area contributed by atoms with Crippen molar-refractivity contribution in [3.63, 3.8) is 0 Å².